The Hall–Kier alpha value is -3.74. The van der Waals surface area contributed by atoms with Crippen molar-refractivity contribution in [1.29, 1.82) is 0 Å². The fourth-order valence-electron chi connectivity index (χ4n) is 7.23. The number of carboxylic acid groups (broad SMARTS) is 1. The van der Waals surface area contributed by atoms with Crippen LogP contribution in [-0.4, -0.2) is 45.7 Å². The fraction of sp³-hybridized carbons (Fsp3) is 0.421. The molecule has 1 aromatic heterocycles. The van der Waals surface area contributed by atoms with E-state index in [4.69, 9.17) is 4.74 Å². The lowest BCUT2D eigenvalue weighted by Crippen LogP contribution is -2.42. The second-order valence-corrected chi connectivity index (χ2v) is 13.6. The number of hydrogen-bond donors (Lipinski definition) is 2. The maximum Gasteiger partial charge on any atom is 0.330 e. The van der Waals surface area contributed by atoms with Gasteiger partial charge in [0.2, 0.25) is 0 Å². The van der Waals surface area contributed by atoms with Crippen molar-refractivity contribution in [1.82, 2.24) is 9.88 Å². The van der Waals surface area contributed by atoms with Gasteiger partial charge in [-0.1, -0.05) is 68.0 Å². The Bertz CT molecular complexity index is 1600. The maximum atomic E-state index is 11.5. The van der Waals surface area contributed by atoms with Crippen LogP contribution in [0.4, 0.5) is 0 Å². The van der Waals surface area contributed by atoms with Gasteiger partial charge in [0.1, 0.15) is 12.4 Å². The minimum absolute atomic E-state index is 0.203. The molecule has 0 amide bonds. The van der Waals surface area contributed by atoms with E-state index in [0.717, 1.165) is 79.0 Å². The molecule has 3 aromatic rings. The third-order valence-electron chi connectivity index (χ3n) is 10.0. The molecular formula is C38H44N2O4. The summed E-state index contributed by atoms with van der Waals surface area (Å²) in [4.78, 5) is 18.6. The molecule has 3 aliphatic rings. The molecule has 1 saturated heterocycles. The first-order chi connectivity index (χ1) is 21.0. The largest absolute Gasteiger partial charge is 0.487 e. The van der Waals surface area contributed by atoms with Gasteiger partial charge in [-0.05, 0) is 91.7 Å². The van der Waals surface area contributed by atoms with Gasteiger partial charge in [0.05, 0.1) is 11.3 Å². The van der Waals surface area contributed by atoms with E-state index < -0.39 is 11.6 Å². The van der Waals surface area contributed by atoms with Crippen LogP contribution < -0.4 is 4.74 Å². The number of rotatable bonds is 8. The number of allylic oxidation sites excluding steroid dienone is 1. The quantitative estimate of drug-likeness (QED) is 0.268. The van der Waals surface area contributed by atoms with Crippen LogP contribution in [0.1, 0.15) is 85.9 Å². The molecule has 6 rings (SSSR count). The lowest BCUT2D eigenvalue weighted by Gasteiger charge is -2.38. The van der Waals surface area contributed by atoms with Crippen LogP contribution in [-0.2, 0) is 17.0 Å². The van der Waals surface area contributed by atoms with Gasteiger partial charge in [-0.25, -0.2) is 4.79 Å². The van der Waals surface area contributed by atoms with Gasteiger partial charge in [0, 0.05) is 42.5 Å². The van der Waals surface area contributed by atoms with Crippen molar-refractivity contribution >= 4 is 11.5 Å². The topological polar surface area (TPSA) is 82.9 Å². The van der Waals surface area contributed by atoms with E-state index in [2.05, 4.69) is 85.3 Å². The number of pyridine rings is 1. The molecule has 0 bridgehead atoms. The molecule has 0 radical (unpaired) electrons. The highest BCUT2D eigenvalue weighted by atomic mass is 16.5. The standard InChI is InChI=1S/C38H44N2O4/c1-25-9-12-28(13-10-25)38(43)15-19-40(20-16-38)18-6-8-29-30-7-5-17-39-34(30)24-44-35-14-11-27(21-32(29)35)31-22-33(31)37(3,4)23-26(2)36(41)42/h5,7-14,17,21,23,31,33,43H,6,15-16,18-20,22,24H2,1-4H3,(H,41,42)/b26-23+,29-8+. The highest BCUT2D eigenvalue weighted by molar-refractivity contribution is 5.86. The average molecular weight is 593 g/mol. The SMILES string of the molecule is C/C(=C\C(C)(C)C1CC1c1ccc2c(c1)/C(=C/CCN1CCC(O)(c3ccc(C)cc3)CC1)c1cccnc1CO2)C(=O)O. The zero-order chi connectivity index (χ0) is 31.1. The summed E-state index contributed by atoms with van der Waals surface area (Å²) in [5, 5.41) is 20.8. The van der Waals surface area contributed by atoms with E-state index >= 15 is 0 Å². The molecule has 2 aliphatic heterocycles. The first-order valence-corrected chi connectivity index (χ1v) is 15.9. The van der Waals surface area contributed by atoms with E-state index in [9.17, 15) is 15.0 Å². The van der Waals surface area contributed by atoms with Gasteiger partial charge < -0.3 is 19.8 Å². The number of hydrogen-bond acceptors (Lipinski definition) is 5. The summed E-state index contributed by atoms with van der Waals surface area (Å²) in [6.45, 7) is 11.1. The number of likely N-dealkylation sites (tertiary alicyclic amines) is 1. The average Bonchev–Trinajstić information content (AvgIpc) is 3.83. The van der Waals surface area contributed by atoms with E-state index in [-0.39, 0.29) is 5.41 Å². The Morgan fingerprint density at radius 3 is 2.59 bits per heavy atom. The first kappa shape index (κ1) is 30.3. The Morgan fingerprint density at radius 1 is 1.11 bits per heavy atom. The summed E-state index contributed by atoms with van der Waals surface area (Å²) in [5.74, 6) is 0.787. The van der Waals surface area contributed by atoms with E-state index in [0.29, 0.717) is 24.0 Å². The van der Waals surface area contributed by atoms with Gasteiger partial charge in [-0.2, -0.15) is 0 Å². The molecular weight excluding hydrogens is 548 g/mol. The molecule has 6 nitrogen and oxygen atoms in total. The van der Waals surface area contributed by atoms with Gasteiger partial charge in [-0.3, -0.25) is 4.98 Å². The van der Waals surface area contributed by atoms with Crippen molar-refractivity contribution in [2.24, 2.45) is 11.3 Å². The van der Waals surface area contributed by atoms with Crippen LogP contribution in [0.2, 0.25) is 0 Å². The number of ether oxygens (including phenoxy) is 1. The molecule has 0 spiro atoms. The predicted octanol–water partition coefficient (Wildman–Crippen LogP) is 7.25. The summed E-state index contributed by atoms with van der Waals surface area (Å²) in [7, 11) is 0. The highest BCUT2D eigenvalue weighted by Crippen LogP contribution is 2.58. The van der Waals surface area contributed by atoms with Gasteiger partial charge in [0.15, 0.2) is 0 Å². The van der Waals surface area contributed by atoms with Gasteiger partial charge in [0.25, 0.3) is 0 Å². The zero-order valence-corrected chi connectivity index (χ0v) is 26.3. The number of piperidine rings is 1. The van der Waals surface area contributed by atoms with Crippen molar-refractivity contribution in [3.05, 3.63) is 112 Å². The van der Waals surface area contributed by atoms with E-state index in [1.54, 1.807) is 6.92 Å². The third kappa shape index (κ3) is 6.24. The number of fused-ring (bicyclic) bond motifs is 2. The summed E-state index contributed by atoms with van der Waals surface area (Å²) in [5.41, 5.74) is 7.27. The predicted molar refractivity (Wildman–Crippen MR) is 173 cm³/mol. The summed E-state index contributed by atoms with van der Waals surface area (Å²) >= 11 is 0. The third-order valence-corrected chi connectivity index (χ3v) is 10.0. The molecule has 44 heavy (non-hydrogen) atoms. The summed E-state index contributed by atoms with van der Waals surface area (Å²) in [6, 6.07) is 19.0. The van der Waals surface area contributed by atoms with Crippen LogP contribution in [0.5, 0.6) is 5.75 Å². The number of aromatic nitrogens is 1. The Kier molecular flexibility index (Phi) is 8.25. The van der Waals surface area contributed by atoms with Gasteiger partial charge in [-0.15, -0.1) is 0 Å². The normalized spacial score (nSPS) is 22.5. The molecule has 2 aromatic carbocycles. The Morgan fingerprint density at radius 2 is 1.86 bits per heavy atom. The molecule has 2 N–H and O–H groups in total. The Balaban J connectivity index is 1.20. The molecule has 1 saturated carbocycles. The lowest BCUT2D eigenvalue weighted by atomic mass is 9.83. The first-order valence-electron chi connectivity index (χ1n) is 15.9. The summed E-state index contributed by atoms with van der Waals surface area (Å²) < 4.78 is 6.29. The van der Waals surface area contributed by atoms with Crippen molar-refractivity contribution in [3.63, 3.8) is 0 Å². The molecule has 230 valence electrons. The number of aliphatic carboxylic acids is 1. The summed E-state index contributed by atoms with van der Waals surface area (Å²) in [6.07, 6.45) is 9.48. The lowest BCUT2D eigenvalue weighted by molar-refractivity contribution is -0.132. The van der Waals surface area contributed by atoms with Crippen LogP contribution in [0, 0.1) is 18.3 Å². The van der Waals surface area contributed by atoms with E-state index in [1.807, 2.05) is 18.3 Å². The number of carbonyl (C=O) groups is 1. The minimum atomic E-state index is -0.856. The molecule has 2 unspecified atom stereocenters. The number of nitrogens with zero attached hydrogens (tertiary/aromatic N) is 2. The maximum absolute atomic E-state index is 11.5. The van der Waals surface area contributed by atoms with Crippen molar-refractivity contribution in [2.75, 3.05) is 19.6 Å². The van der Waals surface area contributed by atoms with E-state index in [1.165, 1.54) is 11.1 Å². The second-order valence-electron chi connectivity index (χ2n) is 13.6. The molecule has 2 atom stereocenters. The molecule has 6 heteroatoms. The number of benzene rings is 2. The molecule has 3 heterocycles. The van der Waals surface area contributed by atoms with Crippen molar-refractivity contribution < 1.29 is 19.7 Å². The van der Waals surface area contributed by atoms with Crippen LogP contribution in [0.3, 0.4) is 0 Å². The van der Waals surface area contributed by atoms with Crippen LogP contribution in [0.25, 0.3) is 5.57 Å². The highest BCUT2D eigenvalue weighted by Gasteiger charge is 2.47. The van der Waals surface area contributed by atoms with Crippen molar-refractivity contribution in [3.8, 4) is 5.75 Å². The molecule has 2 fully saturated rings. The van der Waals surface area contributed by atoms with Crippen LogP contribution >= 0.6 is 0 Å². The second kappa shape index (κ2) is 12.0. The Labute approximate surface area is 261 Å². The minimum Gasteiger partial charge on any atom is -0.487 e. The van der Waals surface area contributed by atoms with Gasteiger partial charge >= 0.3 is 5.97 Å². The van der Waals surface area contributed by atoms with Crippen molar-refractivity contribution in [2.45, 2.75) is 71.5 Å². The number of aliphatic hydroxyl groups is 1. The van der Waals surface area contributed by atoms with Crippen LogP contribution in [0.15, 0.2) is 78.5 Å². The monoisotopic (exact) mass is 592 g/mol. The fourth-order valence-corrected chi connectivity index (χ4v) is 7.23. The smallest absolute Gasteiger partial charge is 0.330 e. The number of aryl methyl sites for hydroxylation is 1. The molecule has 1 aliphatic carbocycles. The zero-order valence-electron chi connectivity index (χ0n) is 26.3. The number of carboxylic acids is 1.